The molecule has 5 nitrogen and oxygen atoms in total. The monoisotopic (exact) mass is 331 g/mol. The van der Waals surface area contributed by atoms with Gasteiger partial charge in [-0.2, -0.15) is 0 Å². The fraction of sp³-hybridized carbons (Fsp3) is 0.737. The Bertz CT molecular complexity index is 590. The van der Waals surface area contributed by atoms with Gasteiger partial charge in [0.15, 0.2) is 0 Å². The zero-order valence-electron chi connectivity index (χ0n) is 14.6. The zero-order chi connectivity index (χ0) is 16.6. The van der Waals surface area contributed by atoms with Crippen LogP contribution in [-0.4, -0.2) is 49.0 Å². The molecule has 1 aromatic rings. The summed E-state index contributed by atoms with van der Waals surface area (Å²) in [5, 5.41) is 12.6. The van der Waals surface area contributed by atoms with Crippen LogP contribution in [-0.2, 0) is 0 Å². The van der Waals surface area contributed by atoms with Crippen LogP contribution in [0.2, 0.25) is 0 Å². The molecule has 1 aliphatic carbocycles. The molecule has 3 atom stereocenters. The van der Waals surface area contributed by atoms with Crippen molar-refractivity contribution in [3.8, 4) is 5.75 Å². The minimum absolute atomic E-state index is 0.303. The number of anilines is 1. The number of aliphatic hydroxyl groups excluding tert-OH is 1. The Kier molecular flexibility index (Phi) is 4.17. The quantitative estimate of drug-likeness (QED) is 0.802. The summed E-state index contributed by atoms with van der Waals surface area (Å²) in [5.74, 6) is 0.872. The third-order valence-corrected chi connectivity index (χ3v) is 6.41. The number of piperidine rings is 1. The van der Waals surface area contributed by atoms with Crippen molar-refractivity contribution in [2.75, 3.05) is 37.7 Å². The number of hydrogen-bond acceptors (Lipinski definition) is 5. The Hall–Kier alpha value is -1.33. The first-order valence-corrected chi connectivity index (χ1v) is 9.31. The normalized spacial score (nSPS) is 34.4. The third kappa shape index (κ3) is 2.88. The van der Waals surface area contributed by atoms with Crippen LogP contribution in [0.1, 0.15) is 39.0 Å². The highest BCUT2D eigenvalue weighted by atomic mass is 16.5. The molecule has 2 saturated heterocycles. The van der Waals surface area contributed by atoms with E-state index < -0.39 is 0 Å². The van der Waals surface area contributed by atoms with Crippen LogP contribution in [0, 0.1) is 10.8 Å². The van der Waals surface area contributed by atoms with E-state index in [2.05, 4.69) is 28.2 Å². The number of pyridine rings is 1. The molecule has 0 aromatic carbocycles. The molecule has 3 heterocycles. The molecule has 2 aliphatic heterocycles. The molecule has 24 heavy (non-hydrogen) atoms. The van der Waals surface area contributed by atoms with Gasteiger partial charge in [0, 0.05) is 31.8 Å². The highest BCUT2D eigenvalue weighted by Crippen LogP contribution is 2.70. The van der Waals surface area contributed by atoms with Gasteiger partial charge >= 0.3 is 0 Å². The van der Waals surface area contributed by atoms with Crippen LogP contribution in [0.5, 0.6) is 5.75 Å². The lowest BCUT2D eigenvalue weighted by molar-refractivity contribution is 0.262. The second kappa shape index (κ2) is 6.19. The maximum absolute atomic E-state index is 9.17. The van der Waals surface area contributed by atoms with Gasteiger partial charge in [-0.1, -0.05) is 6.92 Å². The van der Waals surface area contributed by atoms with Crippen molar-refractivity contribution in [2.24, 2.45) is 10.8 Å². The van der Waals surface area contributed by atoms with Crippen LogP contribution in [0.15, 0.2) is 18.5 Å². The number of aliphatic hydroxyl groups is 1. The summed E-state index contributed by atoms with van der Waals surface area (Å²) in [5.41, 5.74) is 1.98. The lowest BCUT2D eigenvalue weighted by Gasteiger charge is -2.23. The molecule has 3 unspecified atom stereocenters. The van der Waals surface area contributed by atoms with Crippen LogP contribution >= 0.6 is 0 Å². The predicted octanol–water partition coefficient (Wildman–Crippen LogP) is 2.20. The van der Waals surface area contributed by atoms with E-state index in [4.69, 9.17) is 9.84 Å². The first-order valence-electron chi connectivity index (χ1n) is 9.31. The summed E-state index contributed by atoms with van der Waals surface area (Å²) in [6.45, 7) is 6.70. The summed E-state index contributed by atoms with van der Waals surface area (Å²) in [7, 11) is 0. The average molecular weight is 331 g/mol. The van der Waals surface area contributed by atoms with Gasteiger partial charge in [-0.05, 0) is 49.5 Å². The number of nitrogens with one attached hydrogen (secondary N) is 1. The summed E-state index contributed by atoms with van der Waals surface area (Å²) >= 11 is 0. The summed E-state index contributed by atoms with van der Waals surface area (Å²) < 4.78 is 5.96. The third-order valence-electron chi connectivity index (χ3n) is 6.41. The van der Waals surface area contributed by atoms with Gasteiger partial charge in [-0.15, -0.1) is 0 Å². The lowest BCUT2D eigenvalue weighted by Crippen LogP contribution is -2.28. The molecule has 1 saturated carbocycles. The van der Waals surface area contributed by atoms with Gasteiger partial charge in [0.05, 0.1) is 18.1 Å². The number of aromatic nitrogens is 1. The van der Waals surface area contributed by atoms with E-state index in [9.17, 15) is 0 Å². The topological polar surface area (TPSA) is 57.6 Å². The molecule has 0 bridgehead atoms. The highest BCUT2D eigenvalue weighted by molar-refractivity contribution is 5.52. The summed E-state index contributed by atoms with van der Waals surface area (Å²) in [4.78, 5) is 6.85. The molecule has 2 N–H and O–H groups in total. The van der Waals surface area contributed by atoms with E-state index in [0.717, 1.165) is 44.8 Å². The SMILES string of the molecule is CC12CN(c3cncc(OCC4CCCN4)c3)CC1(CCCO)C2. The number of rotatable bonds is 7. The molecule has 5 heteroatoms. The molecule has 1 aromatic heterocycles. The Morgan fingerprint density at radius 2 is 2.33 bits per heavy atom. The minimum atomic E-state index is 0.303. The predicted molar refractivity (Wildman–Crippen MR) is 94.4 cm³/mol. The van der Waals surface area contributed by atoms with Gasteiger partial charge in [0.2, 0.25) is 0 Å². The van der Waals surface area contributed by atoms with Gasteiger partial charge < -0.3 is 20.1 Å². The first kappa shape index (κ1) is 16.2. The van der Waals surface area contributed by atoms with E-state index in [1.54, 1.807) is 0 Å². The Balaban J connectivity index is 1.39. The van der Waals surface area contributed by atoms with Crippen LogP contribution in [0.3, 0.4) is 0 Å². The standard InChI is InChI=1S/C19H29N3O2/c1-18-12-19(18,5-3-7-23)14-22(13-18)16-8-17(10-20-9-16)24-11-15-4-2-6-21-15/h8-10,15,21,23H,2-7,11-14H2,1H3. The number of ether oxygens (including phenoxy) is 1. The van der Waals surface area contributed by atoms with Gasteiger partial charge in [-0.3, -0.25) is 4.98 Å². The Labute approximate surface area is 144 Å². The van der Waals surface area contributed by atoms with Crippen molar-refractivity contribution in [2.45, 2.75) is 45.1 Å². The first-order chi connectivity index (χ1) is 11.6. The van der Waals surface area contributed by atoms with E-state index >= 15 is 0 Å². The maximum Gasteiger partial charge on any atom is 0.139 e. The van der Waals surface area contributed by atoms with Crippen molar-refractivity contribution in [3.63, 3.8) is 0 Å². The Morgan fingerprint density at radius 1 is 1.42 bits per heavy atom. The highest BCUT2D eigenvalue weighted by Gasteiger charge is 2.68. The lowest BCUT2D eigenvalue weighted by atomic mass is 9.93. The van der Waals surface area contributed by atoms with Crippen molar-refractivity contribution in [1.29, 1.82) is 0 Å². The molecule has 3 aliphatic rings. The van der Waals surface area contributed by atoms with Crippen molar-refractivity contribution < 1.29 is 9.84 Å². The van der Waals surface area contributed by atoms with Crippen molar-refractivity contribution in [3.05, 3.63) is 18.5 Å². The molecule has 0 spiro atoms. The number of fused-ring (bicyclic) bond motifs is 1. The maximum atomic E-state index is 9.17. The molecule has 3 fully saturated rings. The molecule has 132 valence electrons. The van der Waals surface area contributed by atoms with Crippen LogP contribution < -0.4 is 15.0 Å². The number of nitrogens with zero attached hydrogens (tertiary/aromatic N) is 2. The van der Waals surface area contributed by atoms with E-state index in [1.807, 2.05) is 12.4 Å². The van der Waals surface area contributed by atoms with E-state index in [0.29, 0.717) is 23.5 Å². The minimum Gasteiger partial charge on any atom is -0.490 e. The molecule has 4 rings (SSSR count). The summed E-state index contributed by atoms with van der Waals surface area (Å²) in [6.07, 6.45) is 9.56. The average Bonchev–Trinajstić information content (AvgIpc) is 2.96. The van der Waals surface area contributed by atoms with Gasteiger partial charge in [0.1, 0.15) is 12.4 Å². The second-order valence-electron chi connectivity index (χ2n) is 8.18. The fourth-order valence-electron chi connectivity index (χ4n) is 4.84. The van der Waals surface area contributed by atoms with Crippen molar-refractivity contribution in [1.82, 2.24) is 10.3 Å². The molecular formula is C19H29N3O2. The fourth-order valence-corrected chi connectivity index (χ4v) is 4.84. The van der Waals surface area contributed by atoms with Crippen molar-refractivity contribution >= 4 is 5.69 Å². The van der Waals surface area contributed by atoms with Gasteiger partial charge in [-0.25, -0.2) is 0 Å². The van der Waals surface area contributed by atoms with Crippen LogP contribution in [0.25, 0.3) is 0 Å². The summed E-state index contributed by atoms with van der Waals surface area (Å²) in [6, 6.07) is 2.62. The molecular weight excluding hydrogens is 302 g/mol. The molecule has 0 radical (unpaired) electrons. The second-order valence-corrected chi connectivity index (χ2v) is 8.18. The number of hydrogen-bond donors (Lipinski definition) is 2. The van der Waals surface area contributed by atoms with E-state index in [1.165, 1.54) is 24.9 Å². The van der Waals surface area contributed by atoms with Crippen LogP contribution in [0.4, 0.5) is 5.69 Å². The van der Waals surface area contributed by atoms with Gasteiger partial charge in [0.25, 0.3) is 0 Å². The largest absolute Gasteiger partial charge is 0.490 e. The zero-order valence-corrected chi connectivity index (χ0v) is 14.6. The Morgan fingerprint density at radius 3 is 3.12 bits per heavy atom. The molecule has 0 amide bonds. The van der Waals surface area contributed by atoms with E-state index in [-0.39, 0.29) is 0 Å². The smallest absolute Gasteiger partial charge is 0.139 e.